The number of nitrogens with zero attached hydrogens (tertiary/aromatic N) is 1. The van der Waals surface area contributed by atoms with Crippen LogP contribution in [0.25, 0.3) is 0 Å². The average Bonchev–Trinajstić information content (AvgIpc) is 3.16. The Hall–Kier alpha value is -1.88. The Morgan fingerprint density at radius 1 is 1.24 bits per heavy atom. The van der Waals surface area contributed by atoms with Gasteiger partial charge in [0.15, 0.2) is 0 Å². The standard InChI is InChI=1S/C20H29N3O2/c1-15-13-17(9-10-21-15)19(24)22-18(14-16-7-3-2-4-8-16)20(25)23-11-5-6-12-23/h2-4,7-8,15,17-18,21H,5-6,9-14H2,1H3,(H,22,24)/t15-,17-,18?/m0/s1. The number of carbonyl (C=O) groups excluding carboxylic acids is 2. The van der Waals surface area contributed by atoms with Gasteiger partial charge in [0.2, 0.25) is 11.8 Å². The van der Waals surface area contributed by atoms with Gasteiger partial charge in [-0.05, 0) is 44.7 Å². The second-order valence-electron chi connectivity index (χ2n) is 7.36. The molecule has 25 heavy (non-hydrogen) atoms. The number of hydrogen-bond acceptors (Lipinski definition) is 3. The molecule has 0 saturated carbocycles. The zero-order valence-electron chi connectivity index (χ0n) is 15.0. The highest BCUT2D eigenvalue weighted by Gasteiger charge is 2.31. The molecule has 0 aliphatic carbocycles. The average molecular weight is 343 g/mol. The van der Waals surface area contributed by atoms with Gasteiger partial charge >= 0.3 is 0 Å². The minimum absolute atomic E-state index is 0.000835. The van der Waals surface area contributed by atoms with Gasteiger partial charge in [0, 0.05) is 31.5 Å². The van der Waals surface area contributed by atoms with E-state index in [1.807, 2.05) is 35.2 Å². The van der Waals surface area contributed by atoms with Crippen LogP contribution in [0.5, 0.6) is 0 Å². The first-order valence-corrected chi connectivity index (χ1v) is 9.50. The van der Waals surface area contributed by atoms with Crippen molar-refractivity contribution in [2.75, 3.05) is 19.6 Å². The largest absolute Gasteiger partial charge is 0.344 e. The maximum atomic E-state index is 12.9. The molecule has 5 heteroatoms. The quantitative estimate of drug-likeness (QED) is 0.856. The molecule has 5 nitrogen and oxygen atoms in total. The normalized spacial score (nSPS) is 24.8. The molecule has 1 unspecified atom stereocenters. The molecule has 3 rings (SSSR count). The minimum atomic E-state index is -0.460. The van der Waals surface area contributed by atoms with E-state index in [1.165, 1.54) is 0 Å². The van der Waals surface area contributed by atoms with Crippen LogP contribution in [0, 0.1) is 5.92 Å². The summed E-state index contributed by atoms with van der Waals surface area (Å²) < 4.78 is 0. The monoisotopic (exact) mass is 343 g/mol. The number of hydrogen-bond donors (Lipinski definition) is 2. The molecule has 136 valence electrons. The SMILES string of the molecule is C[C@H]1C[C@@H](C(=O)NC(Cc2ccccc2)C(=O)N2CCCC2)CCN1. The number of rotatable bonds is 5. The first-order valence-electron chi connectivity index (χ1n) is 9.50. The summed E-state index contributed by atoms with van der Waals surface area (Å²) in [6.07, 6.45) is 4.35. The van der Waals surface area contributed by atoms with Crippen molar-refractivity contribution < 1.29 is 9.59 Å². The van der Waals surface area contributed by atoms with Crippen molar-refractivity contribution in [2.45, 2.75) is 51.1 Å². The molecule has 2 fully saturated rings. The van der Waals surface area contributed by atoms with Crippen molar-refractivity contribution in [3.8, 4) is 0 Å². The lowest BCUT2D eigenvalue weighted by molar-refractivity contribution is -0.137. The van der Waals surface area contributed by atoms with Gasteiger partial charge in [0.25, 0.3) is 0 Å². The molecule has 3 atom stereocenters. The lowest BCUT2D eigenvalue weighted by Crippen LogP contribution is -2.52. The van der Waals surface area contributed by atoms with Gasteiger partial charge in [-0.2, -0.15) is 0 Å². The molecule has 2 amide bonds. The van der Waals surface area contributed by atoms with E-state index in [2.05, 4.69) is 17.6 Å². The predicted octanol–water partition coefficient (Wildman–Crippen LogP) is 1.72. The molecule has 0 radical (unpaired) electrons. The van der Waals surface area contributed by atoms with Gasteiger partial charge in [-0.1, -0.05) is 30.3 Å². The molecular weight excluding hydrogens is 314 g/mol. The van der Waals surface area contributed by atoms with Gasteiger partial charge in [-0.3, -0.25) is 9.59 Å². The van der Waals surface area contributed by atoms with E-state index < -0.39 is 6.04 Å². The molecule has 2 aliphatic rings. The van der Waals surface area contributed by atoms with Crippen molar-refractivity contribution in [2.24, 2.45) is 5.92 Å². The van der Waals surface area contributed by atoms with Crippen LogP contribution in [-0.4, -0.2) is 48.4 Å². The first kappa shape index (κ1) is 17.9. The zero-order chi connectivity index (χ0) is 17.6. The highest BCUT2D eigenvalue weighted by atomic mass is 16.2. The highest BCUT2D eigenvalue weighted by Crippen LogP contribution is 2.18. The highest BCUT2D eigenvalue weighted by molar-refractivity contribution is 5.89. The molecule has 0 bridgehead atoms. The van der Waals surface area contributed by atoms with Crippen LogP contribution in [0.4, 0.5) is 0 Å². The number of nitrogens with one attached hydrogen (secondary N) is 2. The minimum Gasteiger partial charge on any atom is -0.344 e. The molecule has 0 aromatic heterocycles. The van der Waals surface area contributed by atoms with Gasteiger partial charge < -0.3 is 15.5 Å². The number of benzene rings is 1. The predicted molar refractivity (Wildman–Crippen MR) is 98.1 cm³/mol. The van der Waals surface area contributed by atoms with Crippen molar-refractivity contribution in [3.05, 3.63) is 35.9 Å². The molecule has 0 spiro atoms. The summed E-state index contributed by atoms with van der Waals surface area (Å²) in [5.74, 6) is 0.0967. The third-order valence-corrected chi connectivity index (χ3v) is 5.31. The number of carbonyl (C=O) groups is 2. The van der Waals surface area contributed by atoms with E-state index in [0.29, 0.717) is 12.5 Å². The molecule has 1 aromatic carbocycles. The summed E-state index contributed by atoms with van der Waals surface area (Å²) in [7, 11) is 0. The third kappa shape index (κ3) is 4.82. The Morgan fingerprint density at radius 3 is 2.64 bits per heavy atom. The van der Waals surface area contributed by atoms with E-state index in [9.17, 15) is 9.59 Å². The van der Waals surface area contributed by atoms with E-state index in [1.54, 1.807) is 0 Å². The summed E-state index contributed by atoms with van der Waals surface area (Å²) in [6, 6.07) is 9.85. The van der Waals surface area contributed by atoms with Gasteiger partial charge in [0.05, 0.1) is 0 Å². The smallest absolute Gasteiger partial charge is 0.245 e. The van der Waals surface area contributed by atoms with Crippen LogP contribution >= 0.6 is 0 Å². The van der Waals surface area contributed by atoms with E-state index in [-0.39, 0.29) is 17.7 Å². The third-order valence-electron chi connectivity index (χ3n) is 5.31. The maximum Gasteiger partial charge on any atom is 0.245 e. The summed E-state index contributed by atoms with van der Waals surface area (Å²) in [6.45, 7) is 4.59. The topological polar surface area (TPSA) is 61.4 Å². The Morgan fingerprint density at radius 2 is 1.96 bits per heavy atom. The van der Waals surface area contributed by atoms with Gasteiger partial charge in [-0.15, -0.1) is 0 Å². The lowest BCUT2D eigenvalue weighted by atomic mass is 9.92. The van der Waals surface area contributed by atoms with Gasteiger partial charge in [0.1, 0.15) is 6.04 Å². The van der Waals surface area contributed by atoms with Crippen LogP contribution in [0.15, 0.2) is 30.3 Å². The fourth-order valence-electron chi connectivity index (χ4n) is 3.87. The number of likely N-dealkylation sites (tertiary alicyclic amines) is 1. The summed E-state index contributed by atoms with van der Waals surface area (Å²) >= 11 is 0. The molecule has 2 heterocycles. The molecule has 2 saturated heterocycles. The Labute approximate surface area is 150 Å². The second-order valence-corrected chi connectivity index (χ2v) is 7.36. The van der Waals surface area contributed by atoms with Crippen LogP contribution < -0.4 is 10.6 Å². The fraction of sp³-hybridized carbons (Fsp3) is 0.600. The fourth-order valence-corrected chi connectivity index (χ4v) is 3.87. The van der Waals surface area contributed by atoms with Crippen molar-refractivity contribution in [1.29, 1.82) is 0 Å². The zero-order valence-corrected chi connectivity index (χ0v) is 15.0. The molecular formula is C20H29N3O2. The molecule has 2 aliphatic heterocycles. The number of piperidine rings is 1. The summed E-state index contributed by atoms with van der Waals surface area (Å²) in [5.41, 5.74) is 1.08. The Bertz CT molecular complexity index is 584. The maximum absolute atomic E-state index is 12.9. The van der Waals surface area contributed by atoms with E-state index in [4.69, 9.17) is 0 Å². The van der Waals surface area contributed by atoms with Crippen LogP contribution in [0.3, 0.4) is 0 Å². The van der Waals surface area contributed by atoms with Gasteiger partial charge in [-0.25, -0.2) is 0 Å². The van der Waals surface area contributed by atoms with Crippen molar-refractivity contribution in [3.63, 3.8) is 0 Å². The van der Waals surface area contributed by atoms with Crippen molar-refractivity contribution >= 4 is 11.8 Å². The van der Waals surface area contributed by atoms with Crippen LogP contribution in [0.1, 0.15) is 38.2 Å². The molecule has 2 N–H and O–H groups in total. The van der Waals surface area contributed by atoms with Crippen LogP contribution in [0.2, 0.25) is 0 Å². The lowest BCUT2D eigenvalue weighted by Gasteiger charge is -2.30. The van der Waals surface area contributed by atoms with Crippen molar-refractivity contribution in [1.82, 2.24) is 15.5 Å². The van der Waals surface area contributed by atoms with E-state index in [0.717, 1.165) is 50.9 Å². The van der Waals surface area contributed by atoms with E-state index >= 15 is 0 Å². The number of amides is 2. The first-order chi connectivity index (χ1) is 12.1. The second kappa shape index (κ2) is 8.48. The summed E-state index contributed by atoms with van der Waals surface area (Å²) in [5, 5.41) is 6.45. The Kier molecular flexibility index (Phi) is 6.08. The van der Waals surface area contributed by atoms with Crippen LogP contribution in [-0.2, 0) is 16.0 Å². The molecule has 1 aromatic rings. The summed E-state index contributed by atoms with van der Waals surface area (Å²) in [4.78, 5) is 27.6. The Balaban J connectivity index is 1.68.